The molecule has 2 amide bonds. The Bertz CT molecular complexity index is 739. The molecular formula is C18H25N3O4S. The van der Waals surface area contributed by atoms with E-state index in [0.29, 0.717) is 39.0 Å². The van der Waals surface area contributed by atoms with Gasteiger partial charge in [0.15, 0.2) is 0 Å². The number of hydrogen-bond donors (Lipinski definition) is 2. The van der Waals surface area contributed by atoms with Crippen LogP contribution >= 0.6 is 0 Å². The maximum atomic E-state index is 12.2. The molecule has 0 unspecified atom stereocenters. The molecule has 142 valence electrons. The fraction of sp³-hybridized carbons (Fsp3) is 0.556. The fourth-order valence-electron chi connectivity index (χ4n) is 3.12. The molecule has 8 heteroatoms. The Morgan fingerprint density at radius 3 is 2.19 bits per heavy atom. The summed E-state index contributed by atoms with van der Waals surface area (Å²) in [6.45, 7) is 1.71. The monoisotopic (exact) mass is 379 g/mol. The van der Waals surface area contributed by atoms with E-state index >= 15 is 0 Å². The Hall–Kier alpha value is -1.93. The van der Waals surface area contributed by atoms with E-state index in [0.717, 1.165) is 18.4 Å². The van der Waals surface area contributed by atoms with E-state index in [1.54, 1.807) is 4.31 Å². The highest BCUT2D eigenvalue weighted by Crippen LogP contribution is 2.32. The van der Waals surface area contributed by atoms with Crippen molar-refractivity contribution < 1.29 is 18.0 Å². The Labute approximate surface area is 154 Å². The van der Waals surface area contributed by atoms with E-state index < -0.39 is 21.8 Å². The zero-order valence-electron chi connectivity index (χ0n) is 14.7. The predicted octanol–water partition coefficient (Wildman–Crippen LogP) is 0.623. The van der Waals surface area contributed by atoms with Crippen LogP contribution in [0, 0.1) is 5.92 Å². The molecule has 1 saturated heterocycles. The van der Waals surface area contributed by atoms with Crippen molar-refractivity contribution >= 4 is 21.8 Å². The minimum Gasteiger partial charge on any atom is -0.348 e. The number of sulfonamides is 1. The second-order valence-corrected chi connectivity index (χ2v) is 9.18. The highest BCUT2D eigenvalue weighted by Gasteiger charge is 2.41. The molecule has 26 heavy (non-hydrogen) atoms. The van der Waals surface area contributed by atoms with Crippen molar-refractivity contribution in [1.29, 1.82) is 0 Å². The third-order valence-electron chi connectivity index (χ3n) is 4.93. The number of benzene rings is 1. The lowest BCUT2D eigenvalue weighted by Crippen LogP contribution is -2.45. The Morgan fingerprint density at radius 1 is 0.962 bits per heavy atom. The van der Waals surface area contributed by atoms with Crippen LogP contribution in [0.2, 0.25) is 0 Å². The van der Waals surface area contributed by atoms with Crippen LogP contribution in [-0.4, -0.2) is 49.4 Å². The number of hydrogen-bond acceptors (Lipinski definition) is 4. The molecular weight excluding hydrogens is 354 g/mol. The van der Waals surface area contributed by atoms with Crippen LogP contribution in [0.25, 0.3) is 0 Å². The summed E-state index contributed by atoms with van der Waals surface area (Å²) in [4.78, 5) is 23.7. The van der Waals surface area contributed by atoms with Gasteiger partial charge in [0.2, 0.25) is 10.0 Å². The fourth-order valence-corrected chi connectivity index (χ4v) is 4.99. The molecule has 0 bridgehead atoms. The Morgan fingerprint density at radius 2 is 1.58 bits per heavy atom. The third-order valence-corrected chi connectivity index (χ3v) is 7.33. The lowest BCUT2D eigenvalue weighted by Gasteiger charge is -2.31. The van der Waals surface area contributed by atoms with Gasteiger partial charge in [0, 0.05) is 26.2 Å². The molecule has 2 N–H and O–H groups in total. The molecule has 1 heterocycles. The maximum Gasteiger partial charge on any atom is 0.309 e. The first-order chi connectivity index (χ1) is 12.5. The average molecular weight is 379 g/mol. The summed E-state index contributed by atoms with van der Waals surface area (Å²) in [7, 11) is -3.11. The summed E-state index contributed by atoms with van der Waals surface area (Å²) < 4.78 is 26.0. The summed E-state index contributed by atoms with van der Waals surface area (Å²) in [5.41, 5.74) is 0.929. The van der Waals surface area contributed by atoms with E-state index in [1.165, 1.54) is 0 Å². The van der Waals surface area contributed by atoms with Gasteiger partial charge in [0.25, 0.3) is 0 Å². The molecule has 7 nitrogen and oxygen atoms in total. The van der Waals surface area contributed by atoms with E-state index in [1.807, 2.05) is 30.3 Å². The van der Waals surface area contributed by atoms with Gasteiger partial charge >= 0.3 is 11.8 Å². The Kier molecular flexibility index (Phi) is 5.93. The van der Waals surface area contributed by atoms with E-state index in [9.17, 15) is 18.0 Å². The van der Waals surface area contributed by atoms with E-state index in [4.69, 9.17) is 0 Å². The van der Waals surface area contributed by atoms with Crippen LogP contribution in [0.15, 0.2) is 30.3 Å². The normalized spacial score (nSPS) is 19.1. The van der Waals surface area contributed by atoms with E-state index in [-0.39, 0.29) is 11.2 Å². The minimum atomic E-state index is -3.11. The number of carbonyl (C=O) groups excluding carboxylic acids is 2. The lowest BCUT2D eigenvalue weighted by molar-refractivity contribution is -0.139. The molecule has 2 aliphatic rings. The summed E-state index contributed by atoms with van der Waals surface area (Å²) >= 11 is 0. The summed E-state index contributed by atoms with van der Waals surface area (Å²) in [6.07, 6.45) is 2.96. The van der Waals surface area contributed by atoms with Gasteiger partial charge < -0.3 is 10.6 Å². The van der Waals surface area contributed by atoms with Crippen molar-refractivity contribution in [2.45, 2.75) is 37.5 Å². The molecule has 1 saturated carbocycles. The summed E-state index contributed by atoms with van der Waals surface area (Å²) in [5.74, 6) is -1.09. The molecule has 2 fully saturated rings. The van der Waals surface area contributed by atoms with Gasteiger partial charge in [-0.05, 0) is 37.2 Å². The van der Waals surface area contributed by atoms with Crippen LogP contribution in [0.3, 0.4) is 0 Å². The molecule has 1 aromatic carbocycles. The SMILES string of the molecule is O=C(NCc1ccccc1)C(=O)NCC1CCN(S(=O)(=O)C2CC2)CC1. The Balaban J connectivity index is 1.36. The zero-order chi connectivity index (χ0) is 18.6. The number of carbonyl (C=O) groups is 2. The number of nitrogens with one attached hydrogen (secondary N) is 2. The standard InChI is InChI=1S/C18H25N3O4S/c22-17(19-12-14-4-2-1-3-5-14)18(23)20-13-15-8-10-21(11-9-15)26(24,25)16-6-7-16/h1-5,15-16H,6-13H2,(H,19,22)(H,20,23). The summed E-state index contributed by atoms with van der Waals surface area (Å²) in [6, 6.07) is 9.39. The molecule has 1 aromatic rings. The molecule has 1 aliphatic heterocycles. The molecule has 0 spiro atoms. The van der Waals surface area contributed by atoms with Gasteiger partial charge in [-0.15, -0.1) is 0 Å². The van der Waals surface area contributed by atoms with Gasteiger partial charge in [-0.25, -0.2) is 12.7 Å². The first-order valence-corrected chi connectivity index (χ1v) is 10.6. The van der Waals surface area contributed by atoms with Crippen LogP contribution in [0.1, 0.15) is 31.2 Å². The summed E-state index contributed by atoms with van der Waals surface area (Å²) in [5, 5.41) is 5.08. The number of nitrogens with zero attached hydrogens (tertiary/aromatic N) is 1. The molecule has 0 aromatic heterocycles. The predicted molar refractivity (Wildman–Crippen MR) is 97.5 cm³/mol. The highest BCUT2D eigenvalue weighted by molar-refractivity contribution is 7.90. The van der Waals surface area contributed by atoms with Gasteiger partial charge in [-0.2, -0.15) is 0 Å². The second-order valence-electron chi connectivity index (χ2n) is 6.97. The quantitative estimate of drug-likeness (QED) is 0.709. The van der Waals surface area contributed by atoms with Crippen molar-refractivity contribution in [3.63, 3.8) is 0 Å². The minimum absolute atomic E-state index is 0.174. The second kappa shape index (κ2) is 8.18. The first-order valence-electron chi connectivity index (χ1n) is 9.05. The smallest absolute Gasteiger partial charge is 0.309 e. The molecule has 3 rings (SSSR count). The van der Waals surface area contributed by atoms with Gasteiger partial charge in [0.05, 0.1) is 5.25 Å². The van der Waals surface area contributed by atoms with Crippen LogP contribution < -0.4 is 10.6 Å². The number of rotatable bonds is 6. The van der Waals surface area contributed by atoms with Gasteiger partial charge in [-0.1, -0.05) is 30.3 Å². The van der Waals surface area contributed by atoms with E-state index in [2.05, 4.69) is 10.6 Å². The lowest BCUT2D eigenvalue weighted by atomic mass is 9.98. The first kappa shape index (κ1) is 18.8. The number of amides is 2. The van der Waals surface area contributed by atoms with Gasteiger partial charge in [-0.3, -0.25) is 9.59 Å². The van der Waals surface area contributed by atoms with Crippen LogP contribution in [0.5, 0.6) is 0 Å². The van der Waals surface area contributed by atoms with Crippen molar-refractivity contribution in [2.24, 2.45) is 5.92 Å². The van der Waals surface area contributed by atoms with Crippen molar-refractivity contribution in [3.05, 3.63) is 35.9 Å². The third kappa shape index (κ3) is 4.82. The largest absolute Gasteiger partial charge is 0.348 e. The van der Waals surface area contributed by atoms with Gasteiger partial charge in [0.1, 0.15) is 0 Å². The van der Waals surface area contributed by atoms with Crippen molar-refractivity contribution in [2.75, 3.05) is 19.6 Å². The highest BCUT2D eigenvalue weighted by atomic mass is 32.2. The molecule has 1 aliphatic carbocycles. The van der Waals surface area contributed by atoms with Crippen molar-refractivity contribution in [1.82, 2.24) is 14.9 Å². The number of piperidine rings is 1. The average Bonchev–Trinajstić information content (AvgIpc) is 3.51. The maximum absolute atomic E-state index is 12.2. The zero-order valence-corrected chi connectivity index (χ0v) is 15.5. The van der Waals surface area contributed by atoms with Crippen LogP contribution in [-0.2, 0) is 26.2 Å². The van der Waals surface area contributed by atoms with Crippen molar-refractivity contribution in [3.8, 4) is 0 Å². The molecule has 0 atom stereocenters. The van der Waals surface area contributed by atoms with Crippen LogP contribution in [0.4, 0.5) is 0 Å². The molecule has 0 radical (unpaired) electrons. The topological polar surface area (TPSA) is 95.6 Å².